The van der Waals surface area contributed by atoms with E-state index in [1.807, 2.05) is 23.1 Å². The van der Waals surface area contributed by atoms with Crippen LogP contribution in [0.4, 0.5) is 0 Å². The molecule has 0 radical (unpaired) electrons. The standard InChI is InChI=1S/C22H24N2O3S2/c25-21(11-6-16-29(26,27)18-7-2-1-3-8-18)24-14-12-17(13-15-24)22-23-19-9-4-5-10-20(19)28-22/h1-5,7-10,17H,6,11-16H2. The normalized spacial score (nSPS) is 15.7. The zero-order chi connectivity index (χ0) is 20.3. The topological polar surface area (TPSA) is 67.3 Å². The van der Waals surface area contributed by atoms with E-state index in [4.69, 9.17) is 4.98 Å². The molecule has 0 saturated carbocycles. The van der Waals surface area contributed by atoms with Crippen LogP contribution in [0.2, 0.25) is 0 Å². The van der Waals surface area contributed by atoms with Crippen molar-refractivity contribution in [2.45, 2.75) is 36.5 Å². The summed E-state index contributed by atoms with van der Waals surface area (Å²) in [6, 6.07) is 16.6. The molecule has 1 aromatic heterocycles. The van der Waals surface area contributed by atoms with Crippen molar-refractivity contribution in [3.63, 3.8) is 0 Å². The molecule has 4 rings (SSSR count). The molecule has 1 aliphatic heterocycles. The molecule has 2 aromatic carbocycles. The van der Waals surface area contributed by atoms with E-state index in [9.17, 15) is 13.2 Å². The summed E-state index contributed by atoms with van der Waals surface area (Å²) in [4.78, 5) is 19.5. The van der Waals surface area contributed by atoms with Gasteiger partial charge in [-0.1, -0.05) is 30.3 Å². The molecule has 0 spiro atoms. The van der Waals surface area contributed by atoms with Gasteiger partial charge in [0.25, 0.3) is 0 Å². The second-order valence-electron chi connectivity index (χ2n) is 7.41. The molecular formula is C22H24N2O3S2. The van der Waals surface area contributed by atoms with Crippen LogP contribution < -0.4 is 0 Å². The fourth-order valence-corrected chi connectivity index (χ4v) is 6.23. The number of aromatic nitrogens is 1. The number of piperidine rings is 1. The Bertz CT molecular complexity index is 1050. The number of fused-ring (bicyclic) bond motifs is 1. The van der Waals surface area contributed by atoms with Gasteiger partial charge in [0.15, 0.2) is 9.84 Å². The Morgan fingerprint density at radius 1 is 1.03 bits per heavy atom. The number of para-hydroxylation sites is 1. The third kappa shape index (κ3) is 4.67. The number of carbonyl (C=O) groups is 1. The van der Waals surface area contributed by atoms with Gasteiger partial charge in [-0.25, -0.2) is 13.4 Å². The molecule has 2 heterocycles. The molecule has 0 unspecified atom stereocenters. The highest BCUT2D eigenvalue weighted by atomic mass is 32.2. The first-order chi connectivity index (χ1) is 14.0. The molecule has 1 amide bonds. The number of sulfone groups is 1. The maximum Gasteiger partial charge on any atom is 0.222 e. The zero-order valence-corrected chi connectivity index (χ0v) is 17.8. The summed E-state index contributed by atoms with van der Waals surface area (Å²) in [7, 11) is -3.32. The van der Waals surface area contributed by atoms with Gasteiger partial charge in [-0.3, -0.25) is 4.79 Å². The van der Waals surface area contributed by atoms with Crippen LogP contribution >= 0.6 is 11.3 Å². The Hall–Kier alpha value is -2.25. The number of likely N-dealkylation sites (tertiary alicyclic amines) is 1. The Kier molecular flexibility index (Phi) is 5.96. The molecule has 1 fully saturated rings. The van der Waals surface area contributed by atoms with E-state index in [1.165, 1.54) is 4.70 Å². The van der Waals surface area contributed by atoms with Gasteiger partial charge in [0.2, 0.25) is 5.91 Å². The van der Waals surface area contributed by atoms with E-state index in [0.717, 1.165) is 23.4 Å². The molecule has 5 nitrogen and oxygen atoms in total. The van der Waals surface area contributed by atoms with Crippen molar-refractivity contribution in [2.75, 3.05) is 18.8 Å². The lowest BCUT2D eigenvalue weighted by Gasteiger charge is -2.31. The maximum atomic E-state index is 12.5. The molecule has 0 atom stereocenters. The van der Waals surface area contributed by atoms with E-state index in [0.29, 0.717) is 30.3 Å². The lowest BCUT2D eigenvalue weighted by molar-refractivity contribution is -0.132. The van der Waals surface area contributed by atoms with Crippen LogP contribution in [-0.2, 0) is 14.6 Å². The summed E-state index contributed by atoms with van der Waals surface area (Å²) < 4.78 is 25.9. The van der Waals surface area contributed by atoms with E-state index in [-0.39, 0.29) is 18.1 Å². The van der Waals surface area contributed by atoms with E-state index < -0.39 is 9.84 Å². The van der Waals surface area contributed by atoms with E-state index in [2.05, 4.69) is 6.07 Å². The lowest BCUT2D eigenvalue weighted by Crippen LogP contribution is -2.37. The molecule has 1 aliphatic rings. The third-order valence-electron chi connectivity index (χ3n) is 5.41. The van der Waals surface area contributed by atoms with Gasteiger partial charge in [0.05, 0.1) is 25.9 Å². The lowest BCUT2D eigenvalue weighted by atomic mass is 9.97. The molecule has 0 N–H and O–H groups in total. The van der Waals surface area contributed by atoms with Gasteiger partial charge in [0.1, 0.15) is 0 Å². The second-order valence-corrected chi connectivity index (χ2v) is 10.6. The predicted octanol–water partition coefficient (Wildman–Crippen LogP) is 4.26. The molecule has 1 saturated heterocycles. The summed E-state index contributed by atoms with van der Waals surface area (Å²) in [5.41, 5.74) is 1.05. The molecule has 3 aromatic rings. The largest absolute Gasteiger partial charge is 0.343 e. The smallest absolute Gasteiger partial charge is 0.222 e. The molecule has 7 heteroatoms. The average Bonchev–Trinajstić information content (AvgIpc) is 3.18. The van der Waals surface area contributed by atoms with E-state index >= 15 is 0 Å². The van der Waals surface area contributed by atoms with Crippen LogP contribution in [-0.4, -0.2) is 43.1 Å². The van der Waals surface area contributed by atoms with Crippen LogP contribution in [0, 0.1) is 0 Å². The van der Waals surface area contributed by atoms with Crippen LogP contribution in [0.25, 0.3) is 10.2 Å². The number of benzene rings is 2. The van der Waals surface area contributed by atoms with Gasteiger partial charge in [0, 0.05) is 25.4 Å². The Morgan fingerprint density at radius 3 is 2.45 bits per heavy atom. The first-order valence-electron chi connectivity index (χ1n) is 9.94. The predicted molar refractivity (Wildman–Crippen MR) is 116 cm³/mol. The number of rotatable bonds is 6. The Morgan fingerprint density at radius 2 is 1.72 bits per heavy atom. The zero-order valence-electron chi connectivity index (χ0n) is 16.2. The number of hydrogen-bond acceptors (Lipinski definition) is 5. The minimum atomic E-state index is -3.32. The van der Waals surface area contributed by atoms with Crippen molar-refractivity contribution in [3.05, 3.63) is 59.6 Å². The van der Waals surface area contributed by atoms with Crippen LogP contribution in [0.15, 0.2) is 59.5 Å². The molecular weight excluding hydrogens is 404 g/mol. The average molecular weight is 429 g/mol. The monoisotopic (exact) mass is 428 g/mol. The highest BCUT2D eigenvalue weighted by Gasteiger charge is 2.26. The quantitative estimate of drug-likeness (QED) is 0.588. The molecule has 152 valence electrons. The van der Waals surface area contributed by atoms with Crippen molar-refractivity contribution in [1.29, 1.82) is 0 Å². The first kappa shape index (κ1) is 20.0. The number of carbonyl (C=O) groups excluding carboxylic acids is 1. The molecule has 29 heavy (non-hydrogen) atoms. The van der Waals surface area contributed by atoms with Crippen molar-refractivity contribution < 1.29 is 13.2 Å². The van der Waals surface area contributed by atoms with Crippen molar-refractivity contribution in [3.8, 4) is 0 Å². The van der Waals surface area contributed by atoms with Crippen LogP contribution in [0.3, 0.4) is 0 Å². The summed E-state index contributed by atoms with van der Waals surface area (Å²) >= 11 is 1.75. The van der Waals surface area contributed by atoms with Gasteiger partial charge < -0.3 is 4.90 Å². The van der Waals surface area contributed by atoms with Gasteiger partial charge in [-0.15, -0.1) is 11.3 Å². The summed E-state index contributed by atoms with van der Waals surface area (Å²) in [5, 5.41) is 1.16. The Labute approximate surface area is 175 Å². The minimum Gasteiger partial charge on any atom is -0.343 e. The number of thiazole rings is 1. The fraction of sp³-hybridized carbons (Fsp3) is 0.364. The maximum absolute atomic E-state index is 12.5. The first-order valence-corrected chi connectivity index (χ1v) is 12.4. The molecule has 0 aliphatic carbocycles. The van der Waals surface area contributed by atoms with E-state index in [1.54, 1.807) is 41.7 Å². The SMILES string of the molecule is O=C(CCCS(=O)(=O)c1ccccc1)N1CCC(c2nc3ccccc3s2)CC1. The van der Waals surface area contributed by atoms with Crippen LogP contribution in [0.1, 0.15) is 36.6 Å². The number of hydrogen-bond donors (Lipinski definition) is 0. The molecule has 0 bridgehead atoms. The summed E-state index contributed by atoms with van der Waals surface area (Å²) in [5.74, 6) is 0.455. The second kappa shape index (κ2) is 8.63. The number of nitrogens with zero attached hydrogens (tertiary/aromatic N) is 2. The minimum absolute atomic E-state index is 0.00488. The van der Waals surface area contributed by atoms with Crippen molar-refractivity contribution in [2.24, 2.45) is 0 Å². The van der Waals surface area contributed by atoms with Gasteiger partial charge in [-0.2, -0.15) is 0 Å². The fourth-order valence-electron chi connectivity index (χ4n) is 3.76. The van der Waals surface area contributed by atoms with Gasteiger partial charge >= 0.3 is 0 Å². The van der Waals surface area contributed by atoms with Crippen molar-refractivity contribution >= 4 is 37.3 Å². The summed E-state index contributed by atoms with van der Waals surface area (Å²) in [6.45, 7) is 1.43. The van der Waals surface area contributed by atoms with Crippen molar-refractivity contribution in [1.82, 2.24) is 9.88 Å². The van der Waals surface area contributed by atoms with Crippen LogP contribution in [0.5, 0.6) is 0 Å². The highest BCUT2D eigenvalue weighted by molar-refractivity contribution is 7.91. The van der Waals surface area contributed by atoms with Gasteiger partial charge in [-0.05, 0) is 43.5 Å². The third-order valence-corrected chi connectivity index (χ3v) is 8.43. The number of amides is 1. The Balaban J connectivity index is 1.27. The summed E-state index contributed by atoms with van der Waals surface area (Å²) in [6.07, 6.45) is 2.45. The highest BCUT2D eigenvalue weighted by Crippen LogP contribution is 2.33.